The molecule has 3 N–H and O–H groups in total. The molecule has 26 heavy (non-hydrogen) atoms. The van der Waals surface area contributed by atoms with Crippen LogP contribution in [0.25, 0.3) is 0 Å². The Kier molecular flexibility index (Phi) is 6.09. The lowest BCUT2D eigenvalue weighted by Gasteiger charge is -2.12. The second-order valence-electron chi connectivity index (χ2n) is 6.06. The Morgan fingerprint density at radius 1 is 1.15 bits per heavy atom. The number of para-hydroxylation sites is 1. The molecule has 1 amide bonds. The van der Waals surface area contributed by atoms with Crippen molar-refractivity contribution in [3.63, 3.8) is 0 Å². The molecular formula is C20H24N4O2. The molecule has 0 atom stereocenters. The van der Waals surface area contributed by atoms with Gasteiger partial charge < -0.3 is 20.7 Å². The number of ether oxygens (including phenoxy) is 1. The van der Waals surface area contributed by atoms with Crippen molar-refractivity contribution in [1.29, 1.82) is 0 Å². The Labute approximate surface area is 153 Å². The van der Waals surface area contributed by atoms with Crippen molar-refractivity contribution >= 4 is 17.6 Å². The van der Waals surface area contributed by atoms with Crippen LogP contribution in [-0.2, 0) is 17.6 Å². The molecule has 0 aromatic heterocycles. The quantitative estimate of drug-likeness (QED) is 0.549. The first-order valence-electron chi connectivity index (χ1n) is 8.78. The SMILES string of the molecule is CN=C(NCCc1ccc2c(c1)CCO2)NCC(=O)Nc1ccccc1. The molecule has 0 radical (unpaired) electrons. The van der Waals surface area contributed by atoms with Gasteiger partial charge in [-0.25, -0.2) is 0 Å². The van der Waals surface area contributed by atoms with E-state index in [9.17, 15) is 4.79 Å². The number of anilines is 1. The summed E-state index contributed by atoms with van der Waals surface area (Å²) in [6, 6.07) is 15.7. The molecule has 3 rings (SSSR count). The van der Waals surface area contributed by atoms with Crippen LogP contribution >= 0.6 is 0 Å². The second-order valence-corrected chi connectivity index (χ2v) is 6.06. The number of fused-ring (bicyclic) bond motifs is 1. The summed E-state index contributed by atoms with van der Waals surface area (Å²) < 4.78 is 5.53. The Balaban J connectivity index is 1.40. The zero-order valence-electron chi connectivity index (χ0n) is 14.9. The van der Waals surface area contributed by atoms with Gasteiger partial charge in [0.1, 0.15) is 5.75 Å². The average molecular weight is 352 g/mol. The van der Waals surface area contributed by atoms with Crippen LogP contribution in [0.5, 0.6) is 5.75 Å². The van der Waals surface area contributed by atoms with Crippen LogP contribution in [0.4, 0.5) is 5.69 Å². The third-order valence-electron chi connectivity index (χ3n) is 4.16. The molecule has 0 bridgehead atoms. The minimum atomic E-state index is -0.113. The minimum Gasteiger partial charge on any atom is -0.493 e. The summed E-state index contributed by atoms with van der Waals surface area (Å²) in [6.07, 6.45) is 1.86. The maximum absolute atomic E-state index is 12.0. The lowest BCUT2D eigenvalue weighted by molar-refractivity contribution is -0.115. The van der Waals surface area contributed by atoms with Gasteiger partial charge in [0.05, 0.1) is 13.2 Å². The van der Waals surface area contributed by atoms with E-state index in [4.69, 9.17) is 4.74 Å². The topological polar surface area (TPSA) is 74.8 Å². The average Bonchev–Trinajstić information content (AvgIpc) is 3.13. The van der Waals surface area contributed by atoms with Gasteiger partial charge >= 0.3 is 0 Å². The maximum Gasteiger partial charge on any atom is 0.243 e. The summed E-state index contributed by atoms with van der Waals surface area (Å²) in [5.74, 6) is 1.50. The van der Waals surface area contributed by atoms with Crippen LogP contribution in [0.1, 0.15) is 11.1 Å². The molecular weight excluding hydrogens is 328 g/mol. The highest BCUT2D eigenvalue weighted by Crippen LogP contribution is 2.25. The monoisotopic (exact) mass is 352 g/mol. The number of nitrogens with zero attached hydrogens (tertiary/aromatic N) is 1. The zero-order valence-corrected chi connectivity index (χ0v) is 14.9. The first-order valence-corrected chi connectivity index (χ1v) is 8.78. The smallest absolute Gasteiger partial charge is 0.243 e. The van der Waals surface area contributed by atoms with Crippen molar-refractivity contribution in [1.82, 2.24) is 10.6 Å². The van der Waals surface area contributed by atoms with Gasteiger partial charge in [-0.1, -0.05) is 30.3 Å². The number of hydrogen-bond donors (Lipinski definition) is 3. The molecule has 0 unspecified atom stereocenters. The molecule has 1 aliphatic rings. The Morgan fingerprint density at radius 2 is 2.00 bits per heavy atom. The summed E-state index contributed by atoms with van der Waals surface area (Å²) >= 11 is 0. The van der Waals surface area contributed by atoms with Crippen molar-refractivity contribution < 1.29 is 9.53 Å². The highest BCUT2D eigenvalue weighted by atomic mass is 16.5. The number of aliphatic imine (C=N–C) groups is 1. The number of carbonyl (C=O) groups excluding carboxylic acids is 1. The molecule has 0 saturated heterocycles. The Hall–Kier alpha value is -3.02. The lowest BCUT2D eigenvalue weighted by atomic mass is 10.1. The maximum atomic E-state index is 12.0. The first-order chi connectivity index (χ1) is 12.7. The van der Waals surface area contributed by atoms with Crippen molar-refractivity contribution in [2.24, 2.45) is 4.99 Å². The van der Waals surface area contributed by atoms with Gasteiger partial charge in [-0.05, 0) is 35.7 Å². The lowest BCUT2D eigenvalue weighted by Crippen LogP contribution is -2.42. The number of guanidine groups is 1. The number of benzene rings is 2. The molecule has 2 aromatic carbocycles. The molecule has 0 aliphatic carbocycles. The fraction of sp³-hybridized carbons (Fsp3) is 0.300. The van der Waals surface area contributed by atoms with Crippen LogP contribution in [0.3, 0.4) is 0 Å². The van der Waals surface area contributed by atoms with Crippen LogP contribution < -0.4 is 20.7 Å². The van der Waals surface area contributed by atoms with E-state index >= 15 is 0 Å². The number of hydrogen-bond acceptors (Lipinski definition) is 3. The number of carbonyl (C=O) groups is 1. The summed E-state index contributed by atoms with van der Waals surface area (Å²) in [5, 5.41) is 9.09. The van der Waals surface area contributed by atoms with Gasteiger partial charge in [-0.2, -0.15) is 0 Å². The van der Waals surface area contributed by atoms with Crippen LogP contribution in [-0.4, -0.2) is 38.6 Å². The van der Waals surface area contributed by atoms with Crippen LogP contribution in [0, 0.1) is 0 Å². The molecule has 2 aromatic rings. The van der Waals surface area contributed by atoms with E-state index < -0.39 is 0 Å². The Morgan fingerprint density at radius 3 is 2.81 bits per heavy atom. The standard InChI is InChI=1S/C20H24N4O2/c1-21-20(23-14-19(25)24-17-5-3-2-4-6-17)22-11-9-15-7-8-18-16(13-15)10-12-26-18/h2-8,13H,9-12,14H2,1H3,(H,24,25)(H2,21,22,23). The first kappa shape index (κ1) is 17.8. The van der Waals surface area contributed by atoms with Crippen molar-refractivity contribution in [2.45, 2.75) is 12.8 Å². The molecule has 0 fully saturated rings. The molecule has 0 saturated carbocycles. The van der Waals surface area contributed by atoms with E-state index in [2.05, 4.69) is 33.1 Å². The Bertz CT molecular complexity index is 775. The van der Waals surface area contributed by atoms with Gasteiger partial charge in [0.25, 0.3) is 0 Å². The van der Waals surface area contributed by atoms with Crippen molar-refractivity contribution in [2.75, 3.05) is 32.1 Å². The van der Waals surface area contributed by atoms with E-state index in [0.717, 1.165) is 37.4 Å². The second kappa shape index (κ2) is 8.89. The van der Waals surface area contributed by atoms with E-state index in [1.807, 2.05) is 36.4 Å². The van der Waals surface area contributed by atoms with E-state index in [1.165, 1.54) is 11.1 Å². The number of amides is 1. The normalized spacial score (nSPS) is 12.9. The van der Waals surface area contributed by atoms with Crippen LogP contribution in [0.15, 0.2) is 53.5 Å². The van der Waals surface area contributed by atoms with Gasteiger partial charge in [-0.15, -0.1) is 0 Å². The van der Waals surface area contributed by atoms with Crippen LogP contribution in [0.2, 0.25) is 0 Å². The third-order valence-corrected chi connectivity index (χ3v) is 4.16. The van der Waals surface area contributed by atoms with Gasteiger partial charge in [0.15, 0.2) is 5.96 Å². The van der Waals surface area contributed by atoms with Crippen molar-refractivity contribution in [3.05, 3.63) is 59.7 Å². The third kappa shape index (κ3) is 4.99. The highest BCUT2D eigenvalue weighted by molar-refractivity contribution is 5.94. The molecule has 136 valence electrons. The molecule has 0 spiro atoms. The predicted octanol–water partition coefficient (Wildman–Crippen LogP) is 1.97. The largest absolute Gasteiger partial charge is 0.493 e. The van der Waals surface area contributed by atoms with Gasteiger partial charge in [-0.3, -0.25) is 9.79 Å². The van der Waals surface area contributed by atoms with Gasteiger partial charge in [0.2, 0.25) is 5.91 Å². The highest BCUT2D eigenvalue weighted by Gasteiger charge is 2.11. The van der Waals surface area contributed by atoms with Gasteiger partial charge in [0, 0.05) is 25.7 Å². The number of rotatable bonds is 6. The minimum absolute atomic E-state index is 0.113. The van der Waals surface area contributed by atoms with Crippen molar-refractivity contribution in [3.8, 4) is 5.75 Å². The molecule has 6 heteroatoms. The summed E-state index contributed by atoms with van der Waals surface area (Å²) in [6.45, 7) is 1.67. The molecule has 1 heterocycles. The predicted molar refractivity (Wildman–Crippen MR) is 104 cm³/mol. The summed E-state index contributed by atoms with van der Waals surface area (Å²) in [7, 11) is 1.69. The van der Waals surface area contributed by atoms with E-state index in [1.54, 1.807) is 7.05 Å². The zero-order chi connectivity index (χ0) is 18.2. The van der Waals surface area contributed by atoms with E-state index in [0.29, 0.717) is 5.96 Å². The number of nitrogens with one attached hydrogen (secondary N) is 3. The summed E-state index contributed by atoms with van der Waals surface area (Å²) in [5.41, 5.74) is 3.32. The molecule has 1 aliphatic heterocycles. The van der Waals surface area contributed by atoms with E-state index in [-0.39, 0.29) is 12.5 Å². The fourth-order valence-corrected chi connectivity index (χ4v) is 2.83. The summed E-state index contributed by atoms with van der Waals surface area (Å²) in [4.78, 5) is 16.1. The molecule has 6 nitrogen and oxygen atoms in total. The fourth-order valence-electron chi connectivity index (χ4n) is 2.83.